The number of esters is 1. The highest BCUT2D eigenvalue weighted by molar-refractivity contribution is 8.55. The fraction of sp³-hybridized carbons (Fsp3) is 0.350. The molecule has 5 nitrogen and oxygen atoms in total. The van der Waals surface area contributed by atoms with Gasteiger partial charge in [-0.15, -0.1) is 0 Å². The van der Waals surface area contributed by atoms with Crippen molar-refractivity contribution < 1.29 is 23.1 Å². The molecule has 146 valence electrons. The normalized spacial score (nSPS) is 12.9. The van der Waals surface area contributed by atoms with Crippen LogP contribution in [0.15, 0.2) is 48.5 Å². The number of para-hydroxylation sites is 1. The van der Waals surface area contributed by atoms with Crippen LogP contribution in [0.5, 0.6) is 11.5 Å². The van der Waals surface area contributed by atoms with Crippen LogP contribution in [0.25, 0.3) is 0 Å². The van der Waals surface area contributed by atoms with Crippen molar-refractivity contribution in [3.05, 3.63) is 59.7 Å². The maximum atomic E-state index is 13.4. The van der Waals surface area contributed by atoms with Crippen molar-refractivity contribution in [3.8, 4) is 11.5 Å². The minimum Gasteiger partial charge on any atom is -0.462 e. The summed E-state index contributed by atoms with van der Waals surface area (Å²) in [4.78, 5) is 12.2. The Kier molecular flexibility index (Phi) is 8.26. The lowest BCUT2D eigenvalue weighted by Crippen LogP contribution is -2.08. The smallest absolute Gasteiger partial charge is 0.462 e. The van der Waals surface area contributed by atoms with Crippen molar-refractivity contribution in [2.24, 2.45) is 0 Å². The molecule has 2 aromatic rings. The first-order valence-corrected chi connectivity index (χ1v) is 12.1. The zero-order valence-corrected chi connectivity index (χ0v) is 17.6. The first-order valence-electron chi connectivity index (χ1n) is 8.94. The average Bonchev–Trinajstić information content (AvgIpc) is 2.64. The van der Waals surface area contributed by atoms with Gasteiger partial charge in [-0.05, 0) is 55.9 Å². The summed E-state index contributed by atoms with van der Waals surface area (Å²) >= 11 is 1.14. The minimum atomic E-state index is -3.58. The summed E-state index contributed by atoms with van der Waals surface area (Å²) in [5.41, 5.74) is 1.30. The Balaban J connectivity index is 2.27. The highest BCUT2D eigenvalue weighted by Crippen LogP contribution is 2.60. The highest BCUT2D eigenvalue weighted by atomic mass is 32.7. The fourth-order valence-corrected chi connectivity index (χ4v) is 5.60. The summed E-state index contributed by atoms with van der Waals surface area (Å²) < 4.78 is 30.0. The maximum absolute atomic E-state index is 13.4. The first-order chi connectivity index (χ1) is 13.0. The Morgan fingerprint density at radius 1 is 1.04 bits per heavy atom. The Morgan fingerprint density at radius 2 is 1.74 bits per heavy atom. The number of hydrogen-bond donors (Lipinski definition) is 0. The second-order valence-corrected chi connectivity index (χ2v) is 9.89. The van der Waals surface area contributed by atoms with E-state index in [9.17, 15) is 9.36 Å². The molecule has 1 atom stereocenters. The van der Waals surface area contributed by atoms with Crippen LogP contribution in [0.1, 0.15) is 42.6 Å². The molecule has 0 amide bonds. The van der Waals surface area contributed by atoms with E-state index in [4.69, 9.17) is 13.8 Å². The molecule has 0 saturated carbocycles. The van der Waals surface area contributed by atoms with Crippen molar-refractivity contribution in [1.82, 2.24) is 0 Å². The van der Waals surface area contributed by atoms with E-state index in [1.54, 1.807) is 43.3 Å². The number of carbonyl (C=O) groups excluding carboxylic acids is 1. The fourth-order valence-electron chi connectivity index (χ4n) is 2.16. The number of hydrogen-bond acceptors (Lipinski definition) is 6. The molecule has 0 aliphatic rings. The van der Waals surface area contributed by atoms with E-state index < -0.39 is 12.8 Å². The second-order valence-electron chi connectivity index (χ2n) is 5.85. The van der Waals surface area contributed by atoms with Crippen LogP contribution in [0, 0.1) is 6.92 Å². The average molecular weight is 408 g/mol. The molecule has 0 unspecified atom stereocenters. The van der Waals surface area contributed by atoms with Crippen LogP contribution in [-0.2, 0) is 9.30 Å². The lowest BCUT2D eigenvalue weighted by Gasteiger charge is -2.20. The molecule has 0 aliphatic heterocycles. The Labute approximate surface area is 164 Å². The molecule has 7 heteroatoms. The van der Waals surface area contributed by atoms with Gasteiger partial charge in [0.25, 0.3) is 0 Å². The molecule has 0 spiro atoms. The van der Waals surface area contributed by atoms with Gasteiger partial charge in [-0.3, -0.25) is 0 Å². The van der Waals surface area contributed by atoms with Crippen molar-refractivity contribution in [1.29, 1.82) is 0 Å². The van der Waals surface area contributed by atoms with Gasteiger partial charge < -0.3 is 13.8 Å². The summed E-state index contributed by atoms with van der Waals surface area (Å²) in [6, 6.07) is 13.9. The van der Waals surface area contributed by atoms with Crippen LogP contribution in [0.2, 0.25) is 0 Å². The monoisotopic (exact) mass is 408 g/mol. The van der Waals surface area contributed by atoms with Gasteiger partial charge >= 0.3 is 12.8 Å². The Morgan fingerprint density at radius 3 is 2.41 bits per heavy atom. The maximum Gasteiger partial charge on any atom is 0.492 e. The van der Waals surface area contributed by atoms with E-state index in [1.165, 1.54) is 0 Å². The van der Waals surface area contributed by atoms with Crippen LogP contribution in [-0.4, -0.2) is 18.3 Å². The molecule has 0 radical (unpaired) electrons. The lowest BCUT2D eigenvalue weighted by atomic mass is 10.2. The van der Waals surface area contributed by atoms with Crippen LogP contribution in [0.4, 0.5) is 0 Å². The van der Waals surface area contributed by atoms with Gasteiger partial charge in [0.1, 0.15) is 17.1 Å². The first kappa shape index (κ1) is 21.4. The summed E-state index contributed by atoms with van der Waals surface area (Å²) in [6.07, 6.45) is 1.85. The van der Waals surface area contributed by atoms with Crippen LogP contribution >= 0.6 is 18.2 Å². The number of ether oxygens (including phenoxy) is 1. The summed E-state index contributed by atoms with van der Waals surface area (Å²) in [7, 11) is 0. The van der Waals surface area contributed by atoms with Crippen LogP contribution in [0.3, 0.4) is 0 Å². The molecule has 0 aliphatic carbocycles. The van der Waals surface area contributed by atoms with Gasteiger partial charge in [-0.25, -0.2) is 9.36 Å². The molecule has 0 N–H and O–H groups in total. The third kappa shape index (κ3) is 6.64. The van der Waals surface area contributed by atoms with Gasteiger partial charge in [0.15, 0.2) is 0 Å². The zero-order valence-electron chi connectivity index (χ0n) is 15.8. The highest BCUT2D eigenvalue weighted by Gasteiger charge is 2.31. The molecule has 0 fully saturated rings. The summed E-state index contributed by atoms with van der Waals surface area (Å²) in [5, 5.41) is 0. The molecule has 0 saturated heterocycles. The molecular formula is C20H25O5PS. The van der Waals surface area contributed by atoms with Gasteiger partial charge in [-0.2, -0.15) is 0 Å². The quantitative estimate of drug-likeness (QED) is 0.262. The van der Waals surface area contributed by atoms with Crippen molar-refractivity contribution in [2.75, 3.05) is 12.4 Å². The topological polar surface area (TPSA) is 61.8 Å². The standard InChI is InChI=1S/C20H25O5PS/c1-4-6-15-27-26(22,24-17-13-11-16(3)12-14-17)25-19-10-8-7-9-18(19)20(21)23-5-2/h7-14H,4-6,15H2,1-3H3/t26-/m0/s1. The number of rotatable bonds is 10. The number of unbranched alkanes of at least 4 members (excludes halogenated alkanes) is 1. The summed E-state index contributed by atoms with van der Waals surface area (Å²) in [5.74, 6) is 0.756. The molecule has 2 rings (SSSR count). The predicted octanol–water partition coefficient (Wildman–Crippen LogP) is 6.27. The molecular weight excluding hydrogens is 383 g/mol. The zero-order chi connectivity index (χ0) is 19.7. The number of carbonyl (C=O) groups is 1. The second kappa shape index (κ2) is 10.4. The van der Waals surface area contributed by atoms with E-state index in [0.29, 0.717) is 11.5 Å². The van der Waals surface area contributed by atoms with Crippen molar-refractivity contribution >= 4 is 24.1 Å². The van der Waals surface area contributed by atoms with E-state index >= 15 is 0 Å². The predicted molar refractivity (Wildman–Crippen MR) is 110 cm³/mol. The van der Waals surface area contributed by atoms with Gasteiger partial charge in [0.05, 0.1) is 6.61 Å². The number of benzene rings is 2. The van der Waals surface area contributed by atoms with E-state index in [1.807, 2.05) is 19.1 Å². The van der Waals surface area contributed by atoms with Gasteiger partial charge in [0.2, 0.25) is 0 Å². The minimum absolute atomic E-state index is 0.190. The largest absolute Gasteiger partial charge is 0.492 e. The van der Waals surface area contributed by atoms with E-state index in [0.717, 1.165) is 29.8 Å². The lowest BCUT2D eigenvalue weighted by molar-refractivity contribution is 0.0524. The van der Waals surface area contributed by atoms with Crippen molar-refractivity contribution in [2.45, 2.75) is 33.6 Å². The molecule has 27 heavy (non-hydrogen) atoms. The van der Waals surface area contributed by atoms with E-state index in [2.05, 4.69) is 6.92 Å². The van der Waals surface area contributed by atoms with Crippen LogP contribution < -0.4 is 9.05 Å². The number of aryl methyl sites for hydroxylation is 1. The van der Waals surface area contributed by atoms with Crippen molar-refractivity contribution in [3.63, 3.8) is 0 Å². The third-order valence-electron chi connectivity index (χ3n) is 3.58. The molecule has 0 heterocycles. The Hall–Kier alpha value is -1.91. The van der Waals surface area contributed by atoms with E-state index in [-0.39, 0.29) is 17.9 Å². The van der Waals surface area contributed by atoms with Gasteiger partial charge in [0, 0.05) is 5.75 Å². The van der Waals surface area contributed by atoms with Gasteiger partial charge in [-0.1, -0.05) is 43.2 Å². The molecule has 2 aromatic carbocycles. The SMILES string of the molecule is CCCCS[P@@](=O)(Oc1ccc(C)cc1)Oc1ccccc1C(=O)OCC. The summed E-state index contributed by atoms with van der Waals surface area (Å²) in [6.45, 7) is 2.41. The Bertz CT molecular complexity index is 791. The molecule has 0 aromatic heterocycles. The molecule has 0 bridgehead atoms. The third-order valence-corrected chi connectivity index (χ3v) is 7.16.